The molecular weight excluding hydrogens is 176 g/mol. The number of hydrogen-bond acceptors (Lipinski definition) is 3. The van der Waals surface area contributed by atoms with E-state index >= 15 is 0 Å². The van der Waals surface area contributed by atoms with Gasteiger partial charge in [0.05, 0.1) is 5.69 Å². The lowest BCUT2D eigenvalue weighted by Gasteiger charge is -1.90. The number of nitrogens with zero attached hydrogens (tertiary/aromatic N) is 2. The van der Waals surface area contributed by atoms with Crippen molar-refractivity contribution in [3.05, 3.63) is 17.7 Å². The van der Waals surface area contributed by atoms with Crippen molar-refractivity contribution < 1.29 is 9.90 Å². The molecule has 0 radical (unpaired) electrons. The van der Waals surface area contributed by atoms with Gasteiger partial charge in [0, 0.05) is 19.0 Å². The third kappa shape index (κ3) is 1.79. The van der Waals surface area contributed by atoms with E-state index in [2.05, 4.69) is 4.98 Å². The molecule has 0 fully saturated rings. The van der Waals surface area contributed by atoms with Crippen LogP contribution in [-0.4, -0.2) is 26.9 Å². The molecule has 0 spiro atoms. The van der Waals surface area contributed by atoms with Crippen LogP contribution in [0.15, 0.2) is 6.20 Å². The molecule has 5 heteroatoms. The van der Waals surface area contributed by atoms with Crippen LogP contribution in [0.5, 0.6) is 0 Å². The summed E-state index contributed by atoms with van der Waals surface area (Å²) in [5.41, 5.74) is 0.808. The Morgan fingerprint density at radius 2 is 2.50 bits per heavy atom. The van der Waals surface area contributed by atoms with Gasteiger partial charge in [0.1, 0.15) is 0 Å². The van der Waals surface area contributed by atoms with E-state index in [-0.39, 0.29) is 5.82 Å². The van der Waals surface area contributed by atoms with Crippen molar-refractivity contribution in [2.24, 2.45) is 7.05 Å². The maximum atomic E-state index is 10.5. The first-order valence-electron chi connectivity index (χ1n) is 3.39. The van der Waals surface area contributed by atoms with Crippen LogP contribution in [0.4, 0.5) is 0 Å². The van der Waals surface area contributed by atoms with Crippen LogP contribution < -0.4 is 0 Å². The Hall–Kier alpha value is -0.970. The molecule has 0 aliphatic rings. The third-order valence-corrected chi connectivity index (χ3v) is 1.99. The minimum absolute atomic E-state index is 0.0963. The number of carboxylic acid groups (broad SMARTS) is 1. The van der Waals surface area contributed by atoms with Gasteiger partial charge in [-0.25, -0.2) is 9.78 Å². The highest BCUT2D eigenvalue weighted by atomic mass is 32.2. The lowest BCUT2D eigenvalue weighted by atomic mass is 10.6. The van der Waals surface area contributed by atoms with Gasteiger partial charge in [0.2, 0.25) is 5.82 Å². The fourth-order valence-corrected chi connectivity index (χ4v) is 1.38. The Balaban J connectivity index is 2.92. The van der Waals surface area contributed by atoms with Gasteiger partial charge in [-0.2, -0.15) is 11.8 Å². The Labute approximate surface area is 74.6 Å². The molecule has 1 N–H and O–H groups in total. The predicted octanol–water partition coefficient (Wildman–Crippen LogP) is 0.981. The Kier molecular flexibility index (Phi) is 2.75. The summed E-state index contributed by atoms with van der Waals surface area (Å²) in [7, 11) is 1.68. The Morgan fingerprint density at radius 3 is 2.92 bits per heavy atom. The summed E-state index contributed by atoms with van der Waals surface area (Å²) in [6, 6.07) is 0. The smallest absolute Gasteiger partial charge is 0.372 e. The van der Waals surface area contributed by atoms with Gasteiger partial charge in [-0.05, 0) is 6.26 Å². The molecule has 0 unspecified atom stereocenters. The zero-order valence-electron chi connectivity index (χ0n) is 6.94. The summed E-state index contributed by atoms with van der Waals surface area (Å²) in [6.45, 7) is 0. The molecule has 0 aliphatic carbocycles. The lowest BCUT2D eigenvalue weighted by molar-refractivity contribution is 0.0679. The summed E-state index contributed by atoms with van der Waals surface area (Å²) in [5, 5.41) is 8.66. The van der Waals surface area contributed by atoms with Crippen molar-refractivity contribution in [2.75, 3.05) is 6.26 Å². The fraction of sp³-hybridized carbons (Fsp3) is 0.429. The first-order chi connectivity index (χ1) is 5.65. The van der Waals surface area contributed by atoms with Crippen molar-refractivity contribution in [2.45, 2.75) is 5.75 Å². The first kappa shape index (κ1) is 9.12. The summed E-state index contributed by atoms with van der Waals surface area (Å²) in [4.78, 5) is 14.5. The van der Waals surface area contributed by atoms with Crippen molar-refractivity contribution in [1.29, 1.82) is 0 Å². The van der Waals surface area contributed by atoms with Crippen molar-refractivity contribution >= 4 is 17.7 Å². The molecule has 0 bridgehead atoms. The van der Waals surface area contributed by atoms with Gasteiger partial charge in [0.15, 0.2) is 0 Å². The SMILES string of the molecule is CSCc1cn(C)c(C(=O)O)n1. The molecule has 4 nitrogen and oxygen atoms in total. The van der Waals surface area contributed by atoms with Crippen LogP contribution in [0.1, 0.15) is 16.3 Å². The van der Waals surface area contributed by atoms with Gasteiger partial charge >= 0.3 is 5.97 Å². The highest BCUT2D eigenvalue weighted by molar-refractivity contribution is 7.97. The number of hydrogen-bond donors (Lipinski definition) is 1. The lowest BCUT2D eigenvalue weighted by Crippen LogP contribution is -2.05. The average molecular weight is 186 g/mol. The molecule has 0 saturated heterocycles. The second-order valence-electron chi connectivity index (χ2n) is 2.40. The molecule has 0 aromatic carbocycles. The van der Waals surface area contributed by atoms with E-state index in [1.165, 1.54) is 4.57 Å². The highest BCUT2D eigenvalue weighted by Crippen LogP contribution is 2.08. The zero-order chi connectivity index (χ0) is 9.14. The molecule has 0 atom stereocenters. The predicted molar refractivity (Wildman–Crippen MR) is 47.4 cm³/mol. The van der Waals surface area contributed by atoms with Crippen molar-refractivity contribution in [3.63, 3.8) is 0 Å². The van der Waals surface area contributed by atoms with Gasteiger partial charge in [-0.15, -0.1) is 0 Å². The topological polar surface area (TPSA) is 55.1 Å². The first-order valence-corrected chi connectivity index (χ1v) is 4.79. The van der Waals surface area contributed by atoms with Crippen LogP contribution in [0.3, 0.4) is 0 Å². The van der Waals surface area contributed by atoms with E-state index in [1.807, 2.05) is 6.26 Å². The molecular formula is C7H10N2O2S. The van der Waals surface area contributed by atoms with Crippen LogP contribution >= 0.6 is 11.8 Å². The molecule has 1 aromatic rings. The summed E-state index contributed by atoms with van der Waals surface area (Å²) < 4.78 is 1.52. The van der Waals surface area contributed by atoms with Crippen LogP contribution in [0, 0.1) is 0 Å². The van der Waals surface area contributed by atoms with E-state index in [4.69, 9.17) is 5.11 Å². The van der Waals surface area contributed by atoms with Crippen LogP contribution in [-0.2, 0) is 12.8 Å². The number of carboxylic acids is 1. The average Bonchev–Trinajstić information content (AvgIpc) is 2.32. The van der Waals surface area contributed by atoms with E-state index < -0.39 is 5.97 Å². The summed E-state index contributed by atoms with van der Waals surface area (Å²) in [5.74, 6) is -0.134. The number of imidazole rings is 1. The van der Waals surface area contributed by atoms with Crippen molar-refractivity contribution in [3.8, 4) is 0 Å². The number of aromatic carboxylic acids is 1. The largest absolute Gasteiger partial charge is 0.475 e. The van der Waals surface area contributed by atoms with Gasteiger partial charge in [0.25, 0.3) is 0 Å². The quantitative estimate of drug-likeness (QED) is 0.764. The summed E-state index contributed by atoms with van der Waals surface area (Å²) in [6.07, 6.45) is 3.69. The van der Waals surface area contributed by atoms with Gasteiger partial charge < -0.3 is 9.67 Å². The number of carbonyl (C=O) groups is 1. The Morgan fingerprint density at radius 1 is 1.83 bits per heavy atom. The van der Waals surface area contributed by atoms with E-state index in [0.29, 0.717) is 0 Å². The maximum Gasteiger partial charge on any atom is 0.372 e. The molecule has 12 heavy (non-hydrogen) atoms. The second-order valence-corrected chi connectivity index (χ2v) is 3.27. The molecule has 0 saturated carbocycles. The van der Waals surface area contributed by atoms with E-state index in [0.717, 1.165) is 11.4 Å². The van der Waals surface area contributed by atoms with Gasteiger partial charge in [-0.1, -0.05) is 0 Å². The second kappa shape index (κ2) is 3.62. The number of rotatable bonds is 3. The fourth-order valence-electron chi connectivity index (χ4n) is 0.945. The van der Waals surface area contributed by atoms with E-state index in [9.17, 15) is 4.79 Å². The monoisotopic (exact) mass is 186 g/mol. The molecule has 66 valence electrons. The molecule has 1 aromatic heterocycles. The summed E-state index contributed by atoms with van der Waals surface area (Å²) >= 11 is 1.62. The number of aromatic nitrogens is 2. The van der Waals surface area contributed by atoms with Gasteiger partial charge in [-0.3, -0.25) is 0 Å². The molecule has 0 amide bonds. The standard InChI is InChI=1S/C7H10N2O2S/c1-9-3-5(4-12-2)8-6(9)7(10)11/h3H,4H2,1-2H3,(H,10,11). The molecule has 1 heterocycles. The minimum atomic E-state index is -0.982. The Bertz CT molecular complexity index is 296. The number of aryl methyl sites for hydroxylation is 1. The maximum absolute atomic E-state index is 10.5. The third-order valence-electron chi connectivity index (χ3n) is 1.41. The molecule has 1 rings (SSSR count). The van der Waals surface area contributed by atoms with Crippen molar-refractivity contribution in [1.82, 2.24) is 9.55 Å². The minimum Gasteiger partial charge on any atom is -0.475 e. The number of thioether (sulfide) groups is 1. The molecule has 0 aliphatic heterocycles. The normalized spacial score (nSPS) is 10.2. The van der Waals surface area contributed by atoms with E-state index in [1.54, 1.807) is 25.0 Å². The van der Waals surface area contributed by atoms with Crippen LogP contribution in [0.25, 0.3) is 0 Å². The highest BCUT2D eigenvalue weighted by Gasteiger charge is 2.10. The zero-order valence-corrected chi connectivity index (χ0v) is 7.76. The van der Waals surface area contributed by atoms with Crippen LogP contribution in [0.2, 0.25) is 0 Å².